The molecule has 0 bridgehead atoms. The number of aromatic nitrogens is 1. The number of aromatic amines is 1. The van der Waals surface area contributed by atoms with Crippen LogP contribution in [0.3, 0.4) is 0 Å². The zero-order chi connectivity index (χ0) is 17.6. The summed E-state index contributed by atoms with van der Waals surface area (Å²) in [6.07, 6.45) is 0. The number of carbonyl (C=O) groups is 1. The Bertz CT molecular complexity index is 1090. The van der Waals surface area contributed by atoms with Gasteiger partial charge in [0.05, 0.1) is 16.3 Å². The molecule has 0 unspecified atom stereocenters. The molecule has 6 heteroatoms. The summed E-state index contributed by atoms with van der Waals surface area (Å²) in [5, 5.41) is 10.7. The van der Waals surface area contributed by atoms with Gasteiger partial charge < -0.3 is 14.5 Å². The van der Waals surface area contributed by atoms with Crippen molar-refractivity contribution in [2.45, 2.75) is 0 Å². The molecule has 2 N–H and O–H groups in total. The number of hydrogen-bond donors (Lipinski definition) is 2. The Morgan fingerprint density at radius 1 is 0.960 bits per heavy atom. The van der Waals surface area contributed by atoms with Crippen molar-refractivity contribution in [1.82, 2.24) is 4.98 Å². The third kappa shape index (κ3) is 2.80. The summed E-state index contributed by atoms with van der Waals surface area (Å²) in [6, 6.07) is 15.9. The number of benzene rings is 2. The zero-order valence-electron chi connectivity index (χ0n) is 12.7. The molecule has 4 nitrogen and oxygen atoms in total. The third-order valence-corrected chi connectivity index (χ3v) is 4.76. The summed E-state index contributed by atoms with van der Waals surface area (Å²) in [5.74, 6) is -0.302. The van der Waals surface area contributed by atoms with Gasteiger partial charge in [0.15, 0.2) is 11.3 Å². The summed E-state index contributed by atoms with van der Waals surface area (Å²) in [5.41, 5.74) is 3.33. The number of rotatable bonds is 3. The van der Waals surface area contributed by atoms with E-state index in [9.17, 15) is 4.79 Å². The highest BCUT2D eigenvalue weighted by molar-refractivity contribution is 6.44. The molecule has 0 fully saturated rings. The van der Waals surface area contributed by atoms with Crippen LogP contribution in [0.1, 0.15) is 10.4 Å². The van der Waals surface area contributed by atoms with E-state index in [1.807, 2.05) is 24.3 Å². The maximum atomic E-state index is 10.9. The number of halogens is 2. The number of fused-ring (bicyclic) bond motifs is 1. The van der Waals surface area contributed by atoms with Crippen LogP contribution in [0.5, 0.6) is 0 Å². The molecule has 0 radical (unpaired) electrons. The summed E-state index contributed by atoms with van der Waals surface area (Å²) in [6.45, 7) is 0. The minimum absolute atomic E-state index is 0.249. The van der Waals surface area contributed by atoms with Gasteiger partial charge in [0, 0.05) is 11.1 Å². The third-order valence-electron chi connectivity index (χ3n) is 3.97. The first kappa shape index (κ1) is 15.8. The quantitative estimate of drug-likeness (QED) is 0.457. The van der Waals surface area contributed by atoms with Crippen molar-refractivity contribution in [3.8, 4) is 22.7 Å². The van der Waals surface area contributed by atoms with Gasteiger partial charge in [-0.05, 0) is 48.0 Å². The van der Waals surface area contributed by atoms with Crippen molar-refractivity contribution in [2.24, 2.45) is 0 Å². The van der Waals surface area contributed by atoms with Crippen LogP contribution in [0.25, 0.3) is 33.7 Å². The Labute approximate surface area is 152 Å². The highest BCUT2D eigenvalue weighted by atomic mass is 35.5. The summed E-state index contributed by atoms with van der Waals surface area (Å²) in [4.78, 5) is 14.2. The summed E-state index contributed by atoms with van der Waals surface area (Å²) < 4.78 is 5.84. The summed E-state index contributed by atoms with van der Waals surface area (Å²) in [7, 11) is 0. The van der Waals surface area contributed by atoms with E-state index in [4.69, 9.17) is 32.7 Å². The lowest BCUT2D eigenvalue weighted by Crippen LogP contribution is -1.94. The van der Waals surface area contributed by atoms with E-state index >= 15 is 0 Å². The van der Waals surface area contributed by atoms with Gasteiger partial charge in [-0.1, -0.05) is 35.3 Å². The van der Waals surface area contributed by atoms with Gasteiger partial charge >= 0.3 is 5.97 Å². The van der Waals surface area contributed by atoms with Crippen LogP contribution in [-0.2, 0) is 0 Å². The van der Waals surface area contributed by atoms with Gasteiger partial charge in [0.2, 0.25) is 0 Å². The Morgan fingerprint density at radius 2 is 1.68 bits per heavy atom. The molecular formula is C19H11Cl2NO3. The number of hydrogen-bond acceptors (Lipinski definition) is 2. The molecule has 2 aromatic heterocycles. The van der Waals surface area contributed by atoms with Crippen LogP contribution < -0.4 is 0 Å². The van der Waals surface area contributed by atoms with Crippen LogP contribution in [0.2, 0.25) is 10.0 Å². The second kappa shape index (κ2) is 5.99. The van der Waals surface area contributed by atoms with Crippen LogP contribution in [0.15, 0.2) is 59.0 Å². The lowest BCUT2D eigenvalue weighted by Gasteiger charge is -1.99. The maximum Gasteiger partial charge on any atom is 0.335 e. The van der Waals surface area contributed by atoms with Crippen molar-refractivity contribution >= 4 is 40.1 Å². The van der Waals surface area contributed by atoms with Crippen molar-refractivity contribution < 1.29 is 14.3 Å². The SMILES string of the molecule is O=C(O)c1ccc(-c2ccc(-c3cc4ccc(Cl)c(Cl)c4o3)[nH]2)cc1. The zero-order valence-corrected chi connectivity index (χ0v) is 14.2. The number of carboxylic acid groups (broad SMARTS) is 1. The largest absolute Gasteiger partial charge is 0.478 e. The van der Waals surface area contributed by atoms with Gasteiger partial charge in [-0.3, -0.25) is 0 Å². The number of furan rings is 1. The van der Waals surface area contributed by atoms with Gasteiger partial charge in [-0.15, -0.1) is 0 Å². The molecule has 25 heavy (non-hydrogen) atoms. The predicted octanol–water partition coefficient (Wildman–Crippen LogP) is 6.10. The maximum absolute atomic E-state index is 10.9. The van der Waals surface area contributed by atoms with Crippen LogP contribution >= 0.6 is 23.2 Å². The first-order chi connectivity index (χ1) is 12.0. The van der Waals surface area contributed by atoms with Crippen LogP contribution in [0.4, 0.5) is 0 Å². The fourth-order valence-electron chi connectivity index (χ4n) is 2.68. The monoisotopic (exact) mass is 371 g/mol. The second-order valence-corrected chi connectivity index (χ2v) is 6.34. The highest BCUT2D eigenvalue weighted by Gasteiger charge is 2.13. The standard InChI is InChI=1S/C19H11Cl2NO3/c20-13-6-5-12-9-16(25-18(12)17(13)21)15-8-7-14(22-15)10-1-3-11(4-2-10)19(23)24/h1-9,22H,(H,23,24). The van der Waals surface area contributed by atoms with E-state index in [1.165, 1.54) is 0 Å². The van der Waals surface area contributed by atoms with E-state index in [0.29, 0.717) is 21.4 Å². The minimum Gasteiger partial charge on any atom is -0.478 e. The smallest absolute Gasteiger partial charge is 0.335 e. The van der Waals surface area contributed by atoms with E-state index in [1.54, 1.807) is 30.3 Å². The number of H-pyrrole nitrogens is 1. The van der Waals surface area contributed by atoms with Crippen LogP contribution in [0, 0.1) is 0 Å². The average molecular weight is 372 g/mol. The van der Waals surface area contributed by atoms with Gasteiger partial charge in [-0.25, -0.2) is 4.79 Å². The van der Waals surface area contributed by atoms with Crippen molar-refractivity contribution in [1.29, 1.82) is 0 Å². The molecule has 0 saturated heterocycles. The van der Waals surface area contributed by atoms with E-state index < -0.39 is 5.97 Å². The average Bonchev–Trinajstić information content (AvgIpc) is 3.25. The minimum atomic E-state index is -0.948. The second-order valence-electron chi connectivity index (χ2n) is 5.56. The summed E-state index contributed by atoms with van der Waals surface area (Å²) >= 11 is 12.2. The lowest BCUT2D eigenvalue weighted by atomic mass is 10.1. The normalized spacial score (nSPS) is 11.1. The van der Waals surface area contributed by atoms with Crippen molar-refractivity contribution in [3.63, 3.8) is 0 Å². The Balaban J connectivity index is 1.71. The fourth-order valence-corrected chi connectivity index (χ4v) is 3.04. The van der Waals surface area contributed by atoms with Crippen molar-refractivity contribution in [3.05, 3.63) is 70.2 Å². The topological polar surface area (TPSA) is 66.2 Å². The molecule has 0 aliphatic rings. The van der Waals surface area contributed by atoms with Crippen molar-refractivity contribution in [2.75, 3.05) is 0 Å². The predicted molar refractivity (Wildman–Crippen MR) is 98.4 cm³/mol. The fraction of sp³-hybridized carbons (Fsp3) is 0. The van der Waals surface area contributed by atoms with Gasteiger partial charge in [0.1, 0.15) is 5.02 Å². The molecule has 0 atom stereocenters. The van der Waals surface area contributed by atoms with Crippen LogP contribution in [-0.4, -0.2) is 16.1 Å². The number of nitrogens with one attached hydrogen (secondary N) is 1. The first-order valence-corrected chi connectivity index (χ1v) is 8.19. The van der Waals surface area contributed by atoms with Gasteiger partial charge in [0.25, 0.3) is 0 Å². The van der Waals surface area contributed by atoms with E-state index in [-0.39, 0.29) is 5.56 Å². The number of aromatic carboxylic acids is 1. The molecule has 4 rings (SSSR count). The Hall–Kier alpha value is -2.69. The number of carboxylic acids is 1. The molecule has 2 heterocycles. The molecular weight excluding hydrogens is 361 g/mol. The lowest BCUT2D eigenvalue weighted by molar-refractivity contribution is 0.0697. The van der Waals surface area contributed by atoms with E-state index in [2.05, 4.69) is 4.98 Å². The highest BCUT2D eigenvalue weighted by Crippen LogP contribution is 2.36. The molecule has 4 aromatic rings. The molecule has 0 amide bonds. The Morgan fingerprint density at radius 3 is 2.40 bits per heavy atom. The molecule has 0 spiro atoms. The first-order valence-electron chi connectivity index (χ1n) is 7.43. The molecule has 0 aliphatic carbocycles. The Kier molecular flexibility index (Phi) is 3.79. The molecule has 2 aromatic carbocycles. The van der Waals surface area contributed by atoms with Gasteiger partial charge in [-0.2, -0.15) is 0 Å². The molecule has 124 valence electrons. The van der Waals surface area contributed by atoms with E-state index in [0.717, 1.165) is 22.3 Å². The molecule has 0 aliphatic heterocycles. The molecule has 0 saturated carbocycles.